The number of hydrogen-bond acceptors (Lipinski definition) is 3. The minimum absolute atomic E-state index is 0. The van der Waals surface area contributed by atoms with Crippen molar-refractivity contribution in [1.29, 1.82) is 0 Å². The fourth-order valence-electron chi connectivity index (χ4n) is 1.89. The van der Waals surface area contributed by atoms with Crippen LogP contribution in [0.15, 0.2) is 24.3 Å². The number of aromatic nitrogens is 2. The Balaban J connectivity index is 0.00000180. The first-order valence-corrected chi connectivity index (χ1v) is 6.17. The molecule has 0 fully saturated rings. The fraction of sp³-hybridized carbons (Fsp3) is 0.385. The van der Waals surface area contributed by atoms with Gasteiger partial charge in [0, 0.05) is 18.0 Å². The molecular weight excluding hydrogens is 264 g/mol. The van der Waals surface area contributed by atoms with Crippen molar-refractivity contribution in [2.45, 2.75) is 19.9 Å². The number of aromatic amines is 1. The monoisotopic (exact) mass is 282 g/mol. The average molecular weight is 283 g/mol. The lowest BCUT2D eigenvalue weighted by molar-refractivity contribution is 0.0947. The Morgan fingerprint density at radius 1 is 1.42 bits per heavy atom. The summed E-state index contributed by atoms with van der Waals surface area (Å²) in [6.07, 6.45) is 0. The van der Waals surface area contributed by atoms with Crippen LogP contribution in [-0.4, -0.2) is 35.2 Å². The van der Waals surface area contributed by atoms with Crippen LogP contribution >= 0.6 is 12.4 Å². The molecule has 0 saturated carbocycles. The first kappa shape index (κ1) is 15.5. The van der Waals surface area contributed by atoms with E-state index in [9.17, 15) is 4.79 Å². The summed E-state index contributed by atoms with van der Waals surface area (Å²) in [4.78, 5) is 12.0. The standard InChI is InChI=1S/C13H18N4O.ClH/c1-3-14-9(2)8-15-13(18)12-10-6-4-5-7-11(10)16-17-12;/h4-7,9,14H,3,8H2,1-2H3,(H,15,18)(H,16,17);1H/t9-;/m1./s1. The maximum absolute atomic E-state index is 12.0. The molecule has 1 aromatic carbocycles. The molecule has 0 aliphatic heterocycles. The fourth-order valence-corrected chi connectivity index (χ4v) is 1.89. The molecule has 19 heavy (non-hydrogen) atoms. The highest BCUT2D eigenvalue weighted by molar-refractivity contribution is 6.04. The molecule has 1 amide bonds. The molecule has 1 heterocycles. The number of para-hydroxylation sites is 1. The summed E-state index contributed by atoms with van der Waals surface area (Å²) >= 11 is 0. The zero-order chi connectivity index (χ0) is 13.0. The van der Waals surface area contributed by atoms with Gasteiger partial charge in [-0.2, -0.15) is 5.10 Å². The maximum atomic E-state index is 12.0. The number of benzene rings is 1. The number of nitrogens with zero attached hydrogens (tertiary/aromatic N) is 1. The van der Waals surface area contributed by atoms with Crippen molar-refractivity contribution in [3.05, 3.63) is 30.0 Å². The Labute approximate surface area is 118 Å². The molecule has 0 saturated heterocycles. The van der Waals surface area contributed by atoms with E-state index in [0.29, 0.717) is 12.2 Å². The molecule has 0 unspecified atom stereocenters. The van der Waals surface area contributed by atoms with E-state index in [2.05, 4.69) is 20.8 Å². The van der Waals surface area contributed by atoms with E-state index in [4.69, 9.17) is 0 Å². The summed E-state index contributed by atoms with van der Waals surface area (Å²) in [6.45, 7) is 5.56. The second-order valence-electron chi connectivity index (χ2n) is 4.29. The van der Waals surface area contributed by atoms with Gasteiger partial charge in [-0.1, -0.05) is 25.1 Å². The number of hydrogen-bond donors (Lipinski definition) is 3. The van der Waals surface area contributed by atoms with E-state index >= 15 is 0 Å². The number of likely N-dealkylation sites (N-methyl/N-ethyl adjacent to an activating group) is 1. The molecule has 2 aromatic rings. The Morgan fingerprint density at radius 2 is 2.16 bits per heavy atom. The van der Waals surface area contributed by atoms with Gasteiger partial charge >= 0.3 is 0 Å². The molecule has 0 radical (unpaired) electrons. The van der Waals surface area contributed by atoms with Crippen LogP contribution in [-0.2, 0) is 0 Å². The summed E-state index contributed by atoms with van der Waals surface area (Å²) in [6, 6.07) is 7.86. The number of carbonyl (C=O) groups excluding carboxylic acids is 1. The minimum atomic E-state index is -0.141. The van der Waals surface area contributed by atoms with Crippen molar-refractivity contribution < 1.29 is 4.79 Å². The lowest BCUT2D eigenvalue weighted by atomic mass is 10.2. The van der Waals surface area contributed by atoms with E-state index in [0.717, 1.165) is 17.4 Å². The summed E-state index contributed by atoms with van der Waals surface area (Å²) in [5, 5.41) is 13.9. The van der Waals surface area contributed by atoms with Crippen LogP contribution in [0.5, 0.6) is 0 Å². The van der Waals surface area contributed by atoms with Crippen LogP contribution in [0.4, 0.5) is 0 Å². The van der Waals surface area contributed by atoms with E-state index < -0.39 is 0 Å². The van der Waals surface area contributed by atoms with Gasteiger partial charge in [0.25, 0.3) is 5.91 Å². The molecule has 5 nitrogen and oxygen atoms in total. The number of H-pyrrole nitrogens is 1. The topological polar surface area (TPSA) is 69.8 Å². The number of amides is 1. The highest BCUT2D eigenvalue weighted by Gasteiger charge is 2.13. The first-order chi connectivity index (χ1) is 8.72. The molecular formula is C13H19ClN4O. The van der Waals surface area contributed by atoms with Crippen molar-refractivity contribution in [2.75, 3.05) is 13.1 Å². The third kappa shape index (κ3) is 3.68. The molecule has 3 N–H and O–H groups in total. The molecule has 2 rings (SSSR count). The van der Waals surface area contributed by atoms with Crippen molar-refractivity contribution >= 4 is 29.2 Å². The molecule has 0 aliphatic rings. The third-order valence-electron chi connectivity index (χ3n) is 2.81. The van der Waals surface area contributed by atoms with Gasteiger partial charge < -0.3 is 10.6 Å². The lowest BCUT2D eigenvalue weighted by Crippen LogP contribution is -2.38. The normalized spacial score (nSPS) is 11.9. The summed E-state index contributed by atoms with van der Waals surface area (Å²) in [5.74, 6) is -0.141. The molecule has 6 heteroatoms. The van der Waals surface area contributed by atoms with Crippen molar-refractivity contribution in [3.8, 4) is 0 Å². The number of carbonyl (C=O) groups is 1. The molecule has 1 atom stereocenters. The van der Waals surface area contributed by atoms with Crippen LogP contribution in [0.3, 0.4) is 0 Å². The molecule has 0 aliphatic carbocycles. The van der Waals surface area contributed by atoms with E-state index in [1.54, 1.807) is 0 Å². The van der Waals surface area contributed by atoms with Gasteiger partial charge in [-0.05, 0) is 19.5 Å². The Kier molecular flexibility index (Phi) is 5.79. The smallest absolute Gasteiger partial charge is 0.272 e. The van der Waals surface area contributed by atoms with Crippen LogP contribution in [0, 0.1) is 0 Å². The van der Waals surface area contributed by atoms with Gasteiger partial charge in [0.2, 0.25) is 0 Å². The predicted molar refractivity (Wildman–Crippen MR) is 78.8 cm³/mol. The Bertz CT molecular complexity index is 540. The second-order valence-corrected chi connectivity index (χ2v) is 4.29. The number of rotatable bonds is 5. The van der Waals surface area contributed by atoms with Crippen molar-refractivity contribution in [1.82, 2.24) is 20.8 Å². The van der Waals surface area contributed by atoms with Gasteiger partial charge in [0.15, 0.2) is 5.69 Å². The van der Waals surface area contributed by atoms with E-state index in [1.165, 1.54) is 0 Å². The SMILES string of the molecule is CCN[C@H](C)CNC(=O)c1n[nH]c2ccccc12.Cl. The zero-order valence-electron chi connectivity index (χ0n) is 11.1. The van der Waals surface area contributed by atoms with Crippen LogP contribution in [0.25, 0.3) is 10.9 Å². The Hall–Kier alpha value is -1.59. The van der Waals surface area contributed by atoms with Gasteiger partial charge in [-0.3, -0.25) is 9.89 Å². The van der Waals surface area contributed by atoms with Gasteiger partial charge in [-0.15, -0.1) is 12.4 Å². The highest BCUT2D eigenvalue weighted by atomic mass is 35.5. The molecule has 104 valence electrons. The van der Waals surface area contributed by atoms with Crippen molar-refractivity contribution in [2.24, 2.45) is 0 Å². The van der Waals surface area contributed by atoms with Gasteiger partial charge in [0.1, 0.15) is 0 Å². The quantitative estimate of drug-likeness (QED) is 0.782. The number of halogens is 1. The van der Waals surface area contributed by atoms with E-state index in [1.807, 2.05) is 38.1 Å². The van der Waals surface area contributed by atoms with Crippen LogP contribution in [0.2, 0.25) is 0 Å². The van der Waals surface area contributed by atoms with Crippen LogP contribution < -0.4 is 10.6 Å². The zero-order valence-corrected chi connectivity index (χ0v) is 11.9. The summed E-state index contributed by atoms with van der Waals surface area (Å²) < 4.78 is 0. The second kappa shape index (κ2) is 7.11. The molecule has 0 bridgehead atoms. The molecule has 1 aromatic heterocycles. The predicted octanol–water partition coefficient (Wildman–Crippen LogP) is 1.71. The first-order valence-electron chi connectivity index (χ1n) is 6.17. The summed E-state index contributed by atoms with van der Waals surface area (Å²) in [5.41, 5.74) is 1.33. The number of nitrogens with one attached hydrogen (secondary N) is 3. The van der Waals surface area contributed by atoms with Crippen LogP contribution in [0.1, 0.15) is 24.3 Å². The van der Waals surface area contributed by atoms with E-state index in [-0.39, 0.29) is 24.4 Å². The summed E-state index contributed by atoms with van der Waals surface area (Å²) in [7, 11) is 0. The Morgan fingerprint density at radius 3 is 2.89 bits per heavy atom. The minimum Gasteiger partial charge on any atom is -0.349 e. The van der Waals surface area contributed by atoms with Gasteiger partial charge in [-0.25, -0.2) is 0 Å². The number of fused-ring (bicyclic) bond motifs is 1. The van der Waals surface area contributed by atoms with Crippen molar-refractivity contribution in [3.63, 3.8) is 0 Å². The average Bonchev–Trinajstić information content (AvgIpc) is 2.80. The highest BCUT2D eigenvalue weighted by Crippen LogP contribution is 2.14. The lowest BCUT2D eigenvalue weighted by Gasteiger charge is -2.12. The maximum Gasteiger partial charge on any atom is 0.272 e. The molecule has 0 spiro atoms. The third-order valence-corrected chi connectivity index (χ3v) is 2.81. The largest absolute Gasteiger partial charge is 0.349 e. The van der Waals surface area contributed by atoms with Gasteiger partial charge in [0.05, 0.1) is 5.52 Å².